The number of hydrogen-bond donors (Lipinski definition) is 1. The fourth-order valence-electron chi connectivity index (χ4n) is 2.58. The number of halogens is 1. The Bertz CT molecular complexity index is 496. The second kappa shape index (κ2) is 5.35. The minimum atomic E-state index is 0.0244. The van der Waals surface area contributed by atoms with Crippen molar-refractivity contribution in [3.63, 3.8) is 0 Å². The maximum atomic E-state index is 12.5. The molecule has 0 aromatic heterocycles. The third kappa shape index (κ3) is 2.91. The summed E-state index contributed by atoms with van der Waals surface area (Å²) in [6.45, 7) is 3.55. The summed E-state index contributed by atoms with van der Waals surface area (Å²) in [4.78, 5) is 17.6. The van der Waals surface area contributed by atoms with Crippen LogP contribution < -0.4 is 0 Å². The molecule has 1 aromatic carbocycles. The van der Waals surface area contributed by atoms with Crippen LogP contribution in [0.25, 0.3) is 0 Å². The van der Waals surface area contributed by atoms with Crippen molar-refractivity contribution in [3.05, 3.63) is 28.8 Å². The molecular formula is C14H17ClN2OS. The molecular weight excluding hydrogens is 280 g/mol. The number of benzene rings is 1. The summed E-state index contributed by atoms with van der Waals surface area (Å²) >= 11 is 10.4. The van der Waals surface area contributed by atoms with Gasteiger partial charge in [0.2, 0.25) is 0 Å². The van der Waals surface area contributed by atoms with Gasteiger partial charge in [-0.05, 0) is 31.0 Å². The Balaban J connectivity index is 1.68. The molecule has 0 spiro atoms. The summed E-state index contributed by atoms with van der Waals surface area (Å²) in [5.41, 5.74) is 0.564. The van der Waals surface area contributed by atoms with E-state index in [-0.39, 0.29) is 5.91 Å². The Morgan fingerprint density at radius 3 is 2.53 bits per heavy atom. The molecule has 0 atom stereocenters. The van der Waals surface area contributed by atoms with E-state index in [2.05, 4.69) is 17.5 Å². The summed E-state index contributed by atoms with van der Waals surface area (Å²) in [6, 6.07) is 6.06. The molecule has 1 heterocycles. The second-order valence-corrected chi connectivity index (χ2v) is 6.15. The van der Waals surface area contributed by atoms with E-state index in [1.54, 1.807) is 18.2 Å². The van der Waals surface area contributed by atoms with E-state index in [9.17, 15) is 4.79 Å². The van der Waals surface area contributed by atoms with Gasteiger partial charge in [0.15, 0.2) is 0 Å². The van der Waals surface area contributed by atoms with Crippen LogP contribution >= 0.6 is 24.2 Å². The van der Waals surface area contributed by atoms with E-state index < -0.39 is 0 Å². The quantitative estimate of drug-likeness (QED) is 0.848. The summed E-state index contributed by atoms with van der Waals surface area (Å²) in [5.74, 6) is 0.0244. The molecule has 1 amide bonds. The minimum absolute atomic E-state index is 0.0244. The van der Waals surface area contributed by atoms with Gasteiger partial charge in [-0.15, -0.1) is 12.6 Å². The van der Waals surface area contributed by atoms with E-state index in [1.165, 1.54) is 12.8 Å². The van der Waals surface area contributed by atoms with Gasteiger partial charge in [0.1, 0.15) is 0 Å². The number of rotatable bonds is 2. The van der Waals surface area contributed by atoms with Crippen LogP contribution in [0.5, 0.6) is 0 Å². The van der Waals surface area contributed by atoms with Crippen molar-refractivity contribution in [1.82, 2.24) is 9.80 Å². The molecule has 102 valence electrons. The van der Waals surface area contributed by atoms with Crippen molar-refractivity contribution in [2.24, 2.45) is 0 Å². The average molecular weight is 297 g/mol. The first-order chi connectivity index (χ1) is 9.15. The average Bonchev–Trinajstić information content (AvgIpc) is 3.25. The molecule has 0 N–H and O–H groups in total. The Morgan fingerprint density at radius 1 is 1.21 bits per heavy atom. The smallest absolute Gasteiger partial charge is 0.255 e. The standard InChI is InChI=1S/C14H17ClN2OS/c15-13-4-3-11(19)9-12(13)14(18)17-7-5-16(6-8-17)10-1-2-10/h3-4,9-10,19H,1-2,5-8H2. The number of amides is 1. The number of carbonyl (C=O) groups is 1. The predicted octanol–water partition coefficient (Wildman–Crippen LogP) is 2.55. The van der Waals surface area contributed by atoms with E-state index in [0.29, 0.717) is 10.6 Å². The van der Waals surface area contributed by atoms with Gasteiger partial charge in [-0.25, -0.2) is 0 Å². The van der Waals surface area contributed by atoms with Crippen LogP contribution in [0.15, 0.2) is 23.1 Å². The molecule has 19 heavy (non-hydrogen) atoms. The first-order valence-electron chi connectivity index (χ1n) is 6.67. The minimum Gasteiger partial charge on any atom is -0.336 e. The van der Waals surface area contributed by atoms with Gasteiger partial charge in [-0.3, -0.25) is 9.69 Å². The molecule has 0 radical (unpaired) electrons. The maximum Gasteiger partial charge on any atom is 0.255 e. The maximum absolute atomic E-state index is 12.5. The Hall–Kier alpha value is -0.710. The molecule has 3 nitrogen and oxygen atoms in total. The zero-order valence-corrected chi connectivity index (χ0v) is 12.3. The lowest BCUT2D eigenvalue weighted by molar-refractivity contribution is 0.0627. The van der Waals surface area contributed by atoms with Crippen LogP contribution in [0.3, 0.4) is 0 Å². The molecule has 1 aliphatic carbocycles. The number of carbonyl (C=O) groups excluding carboxylic acids is 1. The van der Waals surface area contributed by atoms with E-state index in [1.807, 2.05) is 4.90 Å². The summed E-state index contributed by atoms with van der Waals surface area (Å²) < 4.78 is 0. The van der Waals surface area contributed by atoms with Crippen molar-refractivity contribution in [1.29, 1.82) is 0 Å². The predicted molar refractivity (Wildman–Crippen MR) is 79.2 cm³/mol. The Labute approximate surface area is 123 Å². The first-order valence-corrected chi connectivity index (χ1v) is 7.49. The van der Waals surface area contributed by atoms with Gasteiger partial charge >= 0.3 is 0 Å². The highest BCUT2D eigenvalue weighted by molar-refractivity contribution is 7.80. The lowest BCUT2D eigenvalue weighted by Gasteiger charge is -2.35. The Morgan fingerprint density at radius 2 is 1.89 bits per heavy atom. The fraction of sp³-hybridized carbons (Fsp3) is 0.500. The summed E-state index contributed by atoms with van der Waals surface area (Å²) in [5, 5.41) is 0.507. The SMILES string of the molecule is O=C(c1cc(S)ccc1Cl)N1CCN(C2CC2)CC1. The molecule has 5 heteroatoms. The third-order valence-corrected chi connectivity index (χ3v) is 4.45. The van der Waals surface area contributed by atoms with Crippen LogP contribution in [-0.2, 0) is 0 Å². The van der Waals surface area contributed by atoms with Gasteiger partial charge in [-0.2, -0.15) is 0 Å². The monoisotopic (exact) mass is 296 g/mol. The number of hydrogen-bond acceptors (Lipinski definition) is 3. The lowest BCUT2D eigenvalue weighted by atomic mass is 10.1. The zero-order valence-electron chi connectivity index (χ0n) is 10.7. The molecule has 2 aliphatic rings. The van der Waals surface area contributed by atoms with Crippen molar-refractivity contribution < 1.29 is 4.79 Å². The van der Waals surface area contributed by atoms with Crippen molar-refractivity contribution in [2.75, 3.05) is 26.2 Å². The van der Waals surface area contributed by atoms with Crippen molar-refractivity contribution in [3.8, 4) is 0 Å². The molecule has 0 unspecified atom stereocenters. The Kier molecular flexibility index (Phi) is 3.74. The van der Waals surface area contributed by atoms with E-state index in [0.717, 1.165) is 37.1 Å². The van der Waals surface area contributed by atoms with Crippen LogP contribution in [0, 0.1) is 0 Å². The van der Waals surface area contributed by atoms with Gasteiger partial charge in [-0.1, -0.05) is 11.6 Å². The lowest BCUT2D eigenvalue weighted by Crippen LogP contribution is -2.49. The van der Waals surface area contributed by atoms with Crippen LogP contribution in [0.1, 0.15) is 23.2 Å². The topological polar surface area (TPSA) is 23.6 Å². The first kappa shape index (κ1) is 13.3. The molecule has 1 aliphatic heterocycles. The van der Waals surface area contributed by atoms with Crippen LogP contribution in [0.2, 0.25) is 5.02 Å². The highest BCUT2D eigenvalue weighted by Gasteiger charge is 2.32. The number of nitrogens with zero attached hydrogens (tertiary/aromatic N) is 2. The molecule has 2 fully saturated rings. The molecule has 1 saturated heterocycles. The third-order valence-electron chi connectivity index (χ3n) is 3.85. The molecule has 1 aromatic rings. The molecule has 1 saturated carbocycles. The van der Waals surface area contributed by atoms with Gasteiger partial charge in [0.25, 0.3) is 5.91 Å². The summed E-state index contributed by atoms with van der Waals surface area (Å²) in [6.07, 6.45) is 2.64. The number of thiol groups is 1. The van der Waals surface area contributed by atoms with E-state index in [4.69, 9.17) is 11.6 Å². The fourth-order valence-corrected chi connectivity index (χ4v) is 2.98. The highest BCUT2D eigenvalue weighted by Crippen LogP contribution is 2.28. The van der Waals surface area contributed by atoms with Gasteiger partial charge < -0.3 is 4.90 Å². The van der Waals surface area contributed by atoms with Crippen LogP contribution in [0.4, 0.5) is 0 Å². The summed E-state index contributed by atoms with van der Waals surface area (Å²) in [7, 11) is 0. The van der Waals surface area contributed by atoms with Gasteiger partial charge in [0.05, 0.1) is 10.6 Å². The van der Waals surface area contributed by atoms with Crippen molar-refractivity contribution in [2.45, 2.75) is 23.8 Å². The van der Waals surface area contributed by atoms with Crippen LogP contribution in [-0.4, -0.2) is 47.9 Å². The highest BCUT2D eigenvalue weighted by atomic mass is 35.5. The van der Waals surface area contributed by atoms with Crippen molar-refractivity contribution >= 4 is 30.1 Å². The normalized spacial score (nSPS) is 20.6. The second-order valence-electron chi connectivity index (χ2n) is 5.22. The number of piperazine rings is 1. The zero-order chi connectivity index (χ0) is 13.4. The van der Waals surface area contributed by atoms with Gasteiger partial charge in [0, 0.05) is 37.1 Å². The molecule has 0 bridgehead atoms. The molecule has 3 rings (SSSR count). The van der Waals surface area contributed by atoms with E-state index >= 15 is 0 Å². The largest absolute Gasteiger partial charge is 0.336 e.